The number of azo groups is 1. The van der Waals surface area contributed by atoms with E-state index in [2.05, 4.69) is 33.7 Å². The monoisotopic (exact) mass is 434 g/mol. The molecular formula is C20H28N5O2S2+. The van der Waals surface area contributed by atoms with Crippen LogP contribution in [0.25, 0.3) is 10.2 Å². The summed E-state index contributed by atoms with van der Waals surface area (Å²) in [5.74, 6) is 0. The molecule has 0 aliphatic carbocycles. The van der Waals surface area contributed by atoms with Gasteiger partial charge in [0.1, 0.15) is 11.2 Å². The van der Waals surface area contributed by atoms with Gasteiger partial charge >= 0.3 is 5.13 Å². The first-order chi connectivity index (χ1) is 13.3. The van der Waals surface area contributed by atoms with Gasteiger partial charge in [-0.1, -0.05) is 19.6 Å². The molecule has 1 aromatic heterocycles. The van der Waals surface area contributed by atoms with Gasteiger partial charge in [0.15, 0.2) is 0 Å². The van der Waals surface area contributed by atoms with E-state index in [4.69, 9.17) is 0 Å². The Morgan fingerprint density at radius 1 is 1.10 bits per heavy atom. The quantitative estimate of drug-likeness (QED) is 0.420. The van der Waals surface area contributed by atoms with E-state index >= 15 is 0 Å². The third-order valence-corrected chi connectivity index (χ3v) is 6.06. The van der Waals surface area contributed by atoms with Crippen molar-refractivity contribution in [3.63, 3.8) is 0 Å². The average Bonchev–Trinajstić information content (AvgIpc) is 2.97. The molecule has 1 heterocycles. The predicted molar refractivity (Wildman–Crippen MR) is 122 cm³/mol. The fourth-order valence-electron chi connectivity index (χ4n) is 2.95. The number of anilines is 2. The van der Waals surface area contributed by atoms with Crippen molar-refractivity contribution in [1.29, 1.82) is 0 Å². The molecule has 0 bridgehead atoms. The second-order valence-electron chi connectivity index (χ2n) is 6.36. The van der Waals surface area contributed by atoms with Crippen molar-refractivity contribution in [2.24, 2.45) is 17.3 Å². The van der Waals surface area contributed by atoms with E-state index in [-0.39, 0.29) is 7.43 Å². The Balaban J connectivity index is 0.00000300. The van der Waals surface area contributed by atoms with Crippen molar-refractivity contribution in [2.45, 2.75) is 21.3 Å². The number of aromatic nitrogens is 1. The van der Waals surface area contributed by atoms with Gasteiger partial charge in [-0.25, -0.2) is 13.0 Å². The van der Waals surface area contributed by atoms with Crippen molar-refractivity contribution < 1.29 is 13.0 Å². The van der Waals surface area contributed by atoms with Crippen LogP contribution in [0.4, 0.5) is 22.2 Å². The SMILES string of the molecule is C.CCN(CC)c1ccc(N=Nc2sc3ccccc3[n+]2C)c(NS(C)(=O)=O)c1. The summed E-state index contributed by atoms with van der Waals surface area (Å²) in [7, 11) is -1.50. The molecule has 156 valence electrons. The highest BCUT2D eigenvalue weighted by molar-refractivity contribution is 7.92. The zero-order valence-electron chi connectivity index (χ0n) is 16.4. The van der Waals surface area contributed by atoms with Gasteiger partial charge in [-0.05, 0) is 60.6 Å². The minimum absolute atomic E-state index is 0. The molecule has 0 unspecified atom stereocenters. The summed E-state index contributed by atoms with van der Waals surface area (Å²) < 4.78 is 29.3. The summed E-state index contributed by atoms with van der Waals surface area (Å²) in [5, 5.41) is 9.45. The molecule has 0 spiro atoms. The van der Waals surface area contributed by atoms with E-state index in [0.717, 1.165) is 40.4 Å². The molecule has 1 N–H and O–H groups in total. The van der Waals surface area contributed by atoms with Crippen LogP contribution in [0, 0.1) is 0 Å². The summed E-state index contributed by atoms with van der Waals surface area (Å²) in [6, 6.07) is 13.6. The van der Waals surface area contributed by atoms with E-state index in [1.54, 1.807) is 12.1 Å². The highest BCUT2D eigenvalue weighted by Gasteiger charge is 2.17. The van der Waals surface area contributed by atoms with E-state index in [0.29, 0.717) is 11.4 Å². The largest absolute Gasteiger partial charge is 0.409 e. The maximum atomic E-state index is 11.8. The van der Waals surface area contributed by atoms with Crippen LogP contribution in [-0.4, -0.2) is 27.8 Å². The van der Waals surface area contributed by atoms with Crippen LogP contribution in [0.5, 0.6) is 0 Å². The summed E-state index contributed by atoms with van der Waals surface area (Å²) in [5.41, 5.74) is 2.90. The van der Waals surface area contributed by atoms with E-state index in [1.165, 1.54) is 11.3 Å². The molecule has 0 radical (unpaired) electrons. The second kappa shape index (κ2) is 9.32. The Labute approximate surface area is 176 Å². The number of para-hydroxylation sites is 1. The molecule has 3 aromatic rings. The van der Waals surface area contributed by atoms with Crippen LogP contribution in [0.3, 0.4) is 0 Å². The average molecular weight is 435 g/mol. The zero-order chi connectivity index (χ0) is 20.3. The Hall–Kier alpha value is -2.52. The summed E-state index contributed by atoms with van der Waals surface area (Å²) in [6.45, 7) is 5.77. The molecule has 0 aliphatic heterocycles. The number of benzene rings is 2. The third-order valence-electron chi connectivity index (χ3n) is 4.36. The van der Waals surface area contributed by atoms with E-state index in [1.807, 2.05) is 41.9 Å². The zero-order valence-corrected chi connectivity index (χ0v) is 18.0. The molecule has 7 nitrogen and oxygen atoms in total. The predicted octanol–water partition coefficient (Wildman–Crippen LogP) is 5.00. The Bertz CT molecular complexity index is 1120. The molecule has 29 heavy (non-hydrogen) atoms. The van der Waals surface area contributed by atoms with Crippen LogP contribution < -0.4 is 14.2 Å². The van der Waals surface area contributed by atoms with Gasteiger partial charge in [0, 0.05) is 18.8 Å². The van der Waals surface area contributed by atoms with Gasteiger partial charge in [0.2, 0.25) is 10.0 Å². The second-order valence-corrected chi connectivity index (χ2v) is 9.12. The molecule has 0 aliphatic rings. The Morgan fingerprint density at radius 3 is 2.41 bits per heavy atom. The fourth-order valence-corrected chi connectivity index (χ4v) is 4.49. The standard InChI is InChI=1S/C19H23N5O2S2.CH4/c1-5-24(6-2)14-11-12-15(16(13-14)22-28(4,25)26)20-21-19-23(3)17-9-7-8-10-18(17)27-19;/h7-13H,5-6H2,1-4H3;1H4/p+1. The van der Waals surface area contributed by atoms with Crippen molar-refractivity contribution in [2.75, 3.05) is 29.0 Å². The Kier molecular flexibility index (Phi) is 7.32. The molecule has 9 heteroatoms. The maximum absolute atomic E-state index is 11.8. The Morgan fingerprint density at radius 2 is 1.79 bits per heavy atom. The lowest BCUT2D eigenvalue weighted by atomic mass is 10.2. The minimum atomic E-state index is -3.44. The number of nitrogens with one attached hydrogen (secondary N) is 1. The van der Waals surface area contributed by atoms with Gasteiger partial charge in [-0.15, -0.1) is 0 Å². The smallest absolute Gasteiger partial charge is 0.372 e. The van der Waals surface area contributed by atoms with Gasteiger partial charge in [-0.2, -0.15) is 0 Å². The van der Waals surface area contributed by atoms with Crippen LogP contribution in [0.2, 0.25) is 0 Å². The van der Waals surface area contributed by atoms with Crippen molar-refractivity contribution in [3.05, 3.63) is 42.5 Å². The van der Waals surface area contributed by atoms with E-state index < -0.39 is 10.0 Å². The number of aryl methyl sites for hydroxylation is 1. The fraction of sp³-hybridized carbons (Fsp3) is 0.350. The van der Waals surface area contributed by atoms with Gasteiger partial charge in [0.05, 0.1) is 28.8 Å². The van der Waals surface area contributed by atoms with Crippen LogP contribution in [-0.2, 0) is 17.1 Å². The summed E-state index contributed by atoms with van der Waals surface area (Å²) in [6.07, 6.45) is 1.13. The molecule has 0 saturated carbocycles. The summed E-state index contributed by atoms with van der Waals surface area (Å²) >= 11 is 1.53. The van der Waals surface area contributed by atoms with Crippen molar-refractivity contribution in [3.8, 4) is 0 Å². The number of nitrogens with zero attached hydrogens (tertiary/aromatic N) is 4. The highest BCUT2D eigenvalue weighted by atomic mass is 32.2. The van der Waals surface area contributed by atoms with Gasteiger partial charge < -0.3 is 4.90 Å². The molecule has 0 fully saturated rings. The number of fused-ring (bicyclic) bond motifs is 1. The van der Waals surface area contributed by atoms with Gasteiger partial charge in [0.25, 0.3) is 0 Å². The minimum Gasteiger partial charge on any atom is -0.372 e. The lowest BCUT2D eigenvalue weighted by molar-refractivity contribution is -0.627. The van der Waals surface area contributed by atoms with Crippen molar-refractivity contribution in [1.82, 2.24) is 0 Å². The first kappa shape index (κ1) is 22.8. The normalized spacial score (nSPS) is 11.6. The summed E-state index contributed by atoms with van der Waals surface area (Å²) in [4.78, 5) is 2.14. The number of hydrogen-bond acceptors (Lipinski definition) is 6. The van der Waals surface area contributed by atoms with Crippen molar-refractivity contribution >= 4 is 53.8 Å². The van der Waals surface area contributed by atoms with Gasteiger partial charge in [-0.3, -0.25) is 4.72 Å². The first-order valence-corrected chi connectivity index (χ1v) is 11.7. The molecular weight excluding hydrogens is 406 g/mol. The molecule has 0 saturated heterocycles. The van der Waals surface area contributed by atoms with Crippen LogP contribution >= 0.6 is 11.3 Å². The van der Waals surface area contributed by atoms with Crippen LogP contribution in [0.1, 0.15) is 21.3 Å². The lowest BCUT2D eigenvalue weighted by Crippen LogP contribution is -2.25. The molecule has 0 amide bonds. The van der Waals surface area contributed by atoms with Crippen LogP contribution in [0.15, 0.2) is 52.7 Å². The molecule has 3 rings (SSSR count). The van der Waals surface area contributed by atoms with E-state index in [9.17, 15) is 8.42 Å². The topological polar surface area (TPSA) is 78.0 Å². The number of rotatable bonds is 7. The number of thiazole rings is 1. The molecule has 0 atom stereocenters. The number of hydrogen-bond donors (Lipinski definition) is 1. The number of sulfonamides is 1. The first-order valence-electron chi connectivity index (χ1n) is 8.98. The lowest BCUT2D eigenvalue weighted by Gasteiger charge is -2.22. The third kappa shape index (κ3) is 5.30. The maximum Gasteiger partial charge on any atom is 0.409 e. The highest BCUT2D eigenvalue weighted by Crippen LogP contribution is 2.33. The molecule has 2 aromatic carbocycles.